The Morgan fingerprint density at radius 1 is 0.444 bits per heavy atom. The Hall–Kier alpha value is -3.97. The first-order valence-corrected chi connectivity index (χ1v) is 13.3. The Kier molecular flexibility index (Phi) is 4.37. The number of pyridine rings is 1. The second-order valence-electron chi connectivity index (χ2n) is 10.7. The van der Waals surface area contributed by atoms with E-state index >= 15 is 0 Å². The molecule has 9 rings (SSSR count). The van der Waals surface area contributed by atoms with E-state index in [9.17, 15) is 0 Å². The van der Waals surface area contributed by atoms with Gasteiger partial charge in [0.25, 0.3) is 0 Å². The van der Waals surface area contributed by atoms with Crippen molar-refractivity contribution in [3.63, 3.8) is 0 Å². The Balaban J connectivity index is 1.28. The number of aromatic nitrogens is 1. The smallest absolute Gasteiger partial charge is 0.0705 e. The lowest BCUT2D eigenvalue weighted by Gasteiger charge is -2.38. The zero-order valence-corrected chi connectivity index (χ0v) is 20.2. The lowest BCUT2D eigenvalue weighted by atomic mass is 9.67. The van der Waals surface area contributed by atoms with Crippen LogP contribution in [-0.2, 0) is 0 Å². The van der Waals surface area contributed by atoms with Crippen LogP contribution in [0.25, 0.3) is 54.7 Å². The van der Waals surface area contributed by atoms with Crippen molar-refractivity contribution in [2.75, 3.05) is 0 Å². The molecule has 0 N–H and O–H groups in total. The quantitative estimate of drug-likeness (QED) is 0.234. The highest BCUT2D eigenvalue weighted by Crippen LogP contribution is 2.49. The Bertz CT molecular complexity index is 1770. The molecule has 172 valence electrons. The van der Waals surface area contributed by atoms with Gasteiger partial charge in [-0.05, 0) is 110 Å². The highest BCUT2D eigenvalue weighted by molar-refractivity contribution is 6.25. The molecule has 1 fully saturated rings. The summed E-state index contributed by atoms with van der Waals surface area (Å²) in [4.78, 5) is 4.94. The molecule has 1 nitrogen and oxygen atoms in total. The van der Waals surface area contributed by atoms with Crippen molar-refractivity contribution in [2.24, 2.45) is 0 Å². The molecule has 0 amide bonds. The van der Waals surface area contributed by atoms with Gasteiger partial charge in [-0.15, -0.1) is 0 Å². The average Bonchev–Trinajstić information content (AvgIpc) is 2.97. The SMILES string of the molecule is c1cc(-c2ccc3c4ccccc4c4ccccc4c3c2)cc(-c2cc3c(cn2)C2CCC3CC2)c1. The summed E-state index contributed by atoms with van der Waals surface area (Å²) in [5.74, 6) is 1.47. The molecule has 3 aliphatic carbocycles. The number of rotatable bonds is 2. The molecule has 6 aromatic rings. The molecule has 0 unspecified atom stereocenters. The van der Waals surface area contributed by atoms with Gasteiger partial charge in [0.05, 0.1) is 5.69 Å². The first-order chi connectivity index (χ1) is 17.8. The van der Waals surface area contributed by atoms with E-state index < -0.39 is 0 Å². The number of nitrogens with zero attached hydrogens (tertiary/aromatic N) is 1. The van der Waals surface area contributed by atoms with Gasteiger partial charge >= 0.3 is 0 Å². The van der Waals surface area contributed by atoms with Crippen LogP contribution in [0.2, 0.25) is 0 Å². The lowest BCUT2D eigenvalue weighted by molar-refractivity contribution is 0.358. The van der Waals surface area contributed by atoms with Crippen LogP contribution < -0.4 is 0 Å². The van der Waals surface area contributed by atoms with Gasteiger partial charge in [0.2, 0.25) is 0 Å². The fourth-order valence-electron chi connectivity index (χ4n) is 6.99. The molecular weight excluding hydrogens is 434 g/mol. The zero-order chi connectivity index (χ0) is 23.6. The molecule has 2 bridgehead atoms. The van der Waals surface area contributed by atoms with Gasteiger partial charge in [0, 0.05) is 11.8 Å². The van der Waals surface area contributed by atoms with Gasteiger partial charge in [-0.2, -0.15) is 0 Å². The molecule has 0 aliphatic heterocycles. The third kappa shape index (κ3) is 2.99. The van der Waals surface area contributed by atoms with E-state index in [0.29, 0.717) is 0 Å². The fourth-order valence-corrected chi connectivity index (χ4v) is 6.99. The van der Waals surface area contributed by atoms with Crippen molar-refractivity contribution in [1.82, 2.24) is 4.98 Å². The van der Waals surface area contributed by atoms with Crippen molar-refractivity contribution < 1.29 is 0 Å². The lowest BCUT2D eigenvalue weighted by Crippen LogP contribution is -2.21. The molecule has 1 saturated carbocycles. The van der Waals surface area contributed by atoms with E-state index in [0.717, 1.165) is 17.5 Å². The first kappa shape index (κ1) is 20.2. The topological polar surface area (TPSA) is 12.9 Å². The van der Waals surface area contributed by atoms with E-state index in [4.69, 9.17) is 4.98 Å². The minimum atomic E-state index is 0.735. The molecule has 5 aromatic carbocycles. The summed E-state index contributed by atoms with van der Waals surface area (Å²) in [5, 5.41) is 7.90. The highest BCUT2D eigenvalue weighted by Gasteiger charge is 2.33. The van der Waals surface area contributed by atoms with Crippen LogP contribution in [0.1, 0.15) is 48.6 Å². The molecule has 1 aromatic heterocycles. The number of benzene rings is 5. The Labute approximate surface area is 211 Å². The van der Waals surface area contributed by atoms with Crippen LogP contribution in [0.4, 0.5) is 0 Å². The van der Waals surface area contributed by atoms with Gasteiger partial charge in [-0.1, -0.05) is 78.9 Å². The highest BCUT2D eigenvalue weighted by atomic mass is 14.7. The van der Waals surface area contributed by atoms with Crippen molar-refractivity contribution >= 4 is 32.3 Å². The molecule has 1 heterocycles. The second kappa shape index (κ2) is 7.77. The summed E-state index contributed by atoms with van der Waals surface area (Å²) in [6.45, 7) is 0. The second-order valence-corrected chi connectivity index (χ2v) is 10.7. The average molecular weight is 462 g/mol. The summed E-state index contributed by atoms with van der Waals surface area (Å²) in [6.07, 6.45) is 7.57. The maximum absolute atomic E-state index is 4.94. The summed E-state index contributed by atoms with van der Waals surface area (Å²) >= 11 is 0. The molecular formula is C35H27N. The molecule has 0 spiro atoms. The van der Waals surface area contributed by atoms with Crippen molar-refractivity contribution in [3.8, 4) is 22.4 Å². The van der Waals surface area contributed by atoms with Crippen molar-refractivity contribution in [2.45, 2.75) is 37.5 Å². The predicted molar refractivity (Wildman–Crippen MR) is 152 cm³/mol. The largest absolute Gasteiger partial charge is 0.256 e. The molecule has 36 heavy (non-hydrogen) atoms. The van der Waals surface area contributed by atoms with Crippen molar-refractivity contribution in [1.29, 1.82) is 0 Å². The predicted octanol–water partition coefficient (Wildman–Crippen LogP) is 9.63. The van der Waals surface area contributed by atoms with Crippen molar-refractivity contribution in [3.05, 3.63) is 114 Å². The number of hydrogen-bond acceptors (Lipinski definition) is 1. The summed E-state index contributed by atoms with van der Waals surface area (Å²) < 4.78 is 0. The van der Waals surface area contributed by atoms with Gasteiger partial charge in [-0.25, -0.2) is 0 Å². The minimum absolute atomic E-state index is 0.735. The molecule has 3 aliphatic rings. The van der Waals surface area contributed by atoms with Gasteiger partial charge in [-0.3, -0.25) is 4.98 Å². The third-order valence-electron chi connectivity index (χ3n) is 8.81. The molecule has 0 atom stereocenters. The monoisotopic (exact) mass is 461 g/mol. The minimum Gasteiger partial charge on any atom is -0.256 e. The molecule has 1 heteroatoms. The van der Waals surface area contributed by atoms with Crippen LogP contribution in [-0.4, -0.2) is 4.98 Å². The number of hydrogen-bond donors (Lipinski definition) is 0. The van der Waals surface area contributed by atoms with Crippen LogP contribution in [0.15, 0.2) is 103 Å². The van der Waals surface area contributed by atoms with Crippen LogP contribution in [0.3, 0.4) is 0 Å². The van der Waals surface area contributed by atoms with Crippen LogP contribution in [0, 0.1) is 0 Å². The Morgan fingerprint density at radius 3 is 1.69 bits per heavy atom. The van der Waals surface area contributed by atoms with Crippen LogP contribution >= 0.6 is 0 Å². The fraction of sp³-hybridized carbons (Fsp3) is 0.171. The first-order valence-electron chi connectivity index (χ1n) is 13.3. The van der Waals surface area contributed by atoms with E-state index in [1.807, 2.05) is 0 Å². The summed E-state index contributed by atoms with van der Waals surface area (Å²) in [7, 11) is 0. The summed E-state index contributed by atoms with van der Waals surface area (Å²) in [6, 6.07) is 35.9. The molecule has 0 saturated heterocycles. The van der Waals surface area contributed by atoms with E-state index in [1.54, 1.807) is 5.56 Å². The van der Waals surface area contributed by atoms with E-state index in [2.05, 4.69) is 103 Å². The maximum Gasteiger partial charge on any atom is 0.0705 e. The van der Waals surface area contributed by atoms with Crippen LogP contribution in [0.5, 0.6) is 0 Å². The normalized spacial score (nSPS) is 18.7. The maximum atomic E-state index is 4.94. The summed E-state index contributed by atoms with van der Waals surface area (Å²) in [5.41, 5.74) is 7.90. The third-order valence-corrected chi connectivity index (χ3v) is 8.81. The Morgan fingerprint density at radius 2 is 1.00 bits per heavy atom. The van der Waals surface area contributed by atoms with E-state index in [1.165, 1.54) is 80.3 Å². The number of fused-ring (bicyclic) bond motifs is 8. The van der Waals surface area contributed by atoms with Gasteiger partial charge in [0.15, 0.2) is 0 Å². The van der Waals surface area contributed by atoms with Gasteiger partial charge < -0.3 is 0 Å². The standard InChI is InChI=1S/C35H27N/c1-2-10-29-27(8-1)28-9-3-4-11-30(28)33-19-25(16-17-31(29)33)24-6-5-7-26(18-24)35-20-32-22-12-14-23(15-13-22)34(32)21-36-35/h1-11,16-23H,12-15H2. The van der Waals surface area contributed by atoms with Gasteiger partial charge in [0.1, 0.15) is 0 Å². The molecule has 0 radical (unpaired) electrons. The zero-order valence-electron chi connectivity index (χ0n) is 20.2. The van der Waals surface area contributed by atoms with E-state index in [-0.39, 0.29) is 0 Å².